The third-order valence-corrected chi connectivity index (χ3v) is 3.30. The fourth-order valence-electron chi connectivity index (χ4n) is 2.41. The summed E-state index contributed by atoms with van der Waals surface area (Å²) >= 11 is 0. The minimum absolute atomic E-state index is 0.00490. The largest absolute Gasteiger partial charge is 0.329 e. The number of H-pyrrole nitrogens is 1. The van der Waals surface area contributed by atoms with E-state index in [2.05, 4.69) is 16.9 Å². The number of rotatable bonds is 1. The smallest absolute Gasteiger partial charge is 0.248 e. The average molecular weight is 206 g/mol. The molecule has 1 fully saturated rings. The highest BCUT2D eigenvalue weighted by Crippen LogP contribution is 2.30. The minimum atomic E-state index is -0.00490. The first-order valence-corrected chi connectivity index (χ1v) is 5.58. The first kappa shape index (κ1) is 10.4. The zero-order valence-electron chi connectivity index (χ0n) is 9.42. The van der Waals surface area contributed by atoms with E-state index in [9.17, 15) is 4.79 Å². The van der Waals surface area contributed by atoms with Gasteiger partial charge in [0.15, 0.2) is 0 Å². The van der Waals surface area contributed by atoms with Gasteiger partial charge in [0.2, 0.25) is 5.56 Å². The Hall–Kier alpha value is -1.09. The molecule has 0 aromatic carbocycles. The van der Waals surface area contributed by atoms with Crippen molar-refractivity contribution < 1.29 is 0 Å². The lowest BCUT2D eigenvalue weighted by Gasteiger charge is -2.33. The van der Waals surface area contributed by atoms with Crippen LogP contribution in [0, 0.1) is 6.92 Å². The van der Waals surface area contributed by atoms with Gasteiger partial charge in [0.05, 0.1) is 0 Å². The molecule has 82 valence electrons. The molecule has 3 heteroatoms. The van der Waals surface area contributed by atoms with Crippen LogP contribution in [-0.4, -0.2) is 23.5 Å². The van der Waals surface area contributed by atoms with Crippen molar-refractivity contribution in [2.75, 3.05) is 13.6 Å². The normalized spacial score (nSPS) is 22.9. The number of piperidine rings is 1. The highest BCUT2D eigenvalue weighted by Gasteiger charge is 2.21. The van der Waals surface area contributed by atoms with Crippen LogP contribution in [-0.2, 0) is 0 Å². The molecule has 1 N–H and O–H groups in total. The maximum Gasteiger partial charge on any atom is 0.248 e. The predicted octanol–water partition coefficient (Wildman–Crippen LogP) is 1.84. The molecule has 0 aliphatic carbocycles. The molecule has 0 bridgehead atoms. The number of hydrogen-bond donors (Lipinski definition) is 1. The van der Waals surface area contributed by atoms with Gasteiger partial charge in [-0.1, -0.05) is 6.42 Å². The molecular weight excluding hydrogens is 188 g/mol. The second-order valence-electron chi connectivity index (χ2n) is 4.43. The summed E-state index contributed by atoms with van der Waals surface area (Å²) in [5, 5.41) is 0. The van der Waals surface area contributed by atoms with E-state index in [1.54, 1.807) is 6.07 Å². The van der Waals surface area contributed by atoms with Crippen molar-refractivity contribution in [2.24, 2.45) is 0 Å². The van der Waals surface area contributed by atoms with Crippen molar-refractivity contribution in [2.45, 2.75) is 32.2 Å². The van der Waals surface area contributed by atoms with E-state index in [-0.39, 0.29) is 5.56 Å². The lowest BCUT2D eigenvalue weighted by Crippen LogP contribution is -2.30. The highest BCUT2D eigenvalue weighted by molar-refractivity contribution is 5.25. The Labute approximate surface area is 90.1 Å². The van der Waals surface area contributed by atoms with Gasteiger partial charge < -0.3 is 4.98 Å². The summed E-state index contributed by atoms with van der Waals surface area (Å²) in [5.41, 5.74) is 2.38. The van der Waals surface area contributed by atoms with E-state index in [4.69, 9.17) is 0 Å². The highest BCUT2D eigenvalue weighted by atomic mass is 16.1. The maximum absolute atomic E-state index is 11.1. The van der Waals surface area contributed by atoms with E-state index in [1.807, 2.05) is 13.1 Å². The number of likely N-dealkylation sites (tertiary alicyclic amines) is 1. The molecular formula is C12H18N2O. The standard InChI is InChI=1S/C12H18N2O/c1-9-7-12(15)13-8-10(9)11-5-3-4-6-14(11)2/h7-8,11H,3-6H2,1-2H3,(H,13,15)/t11-/m1/s1. The Morgan fingerprint density at radius 2 is 2.27 bits per heavy atom. The summed E-state index contributed by atoms with van der Waals surface area (Å²) in [6, 6.07) is 2.17. The molecule has 2 heterocycles. The van der Waals surface area contributed by atoms with E-state index >= 15 is 0 Å². The lowest BCUT2D eigenvalue weighted by molar-refractivity contribution is 0.186. The van der Waals surface area contributed by atoms with Gasteiger partial charge in [-0.25, -0.2) is 0 Å². The Balaban J connectivity index is 2.31. The molecule has 0 radical (unpaired) electrons. The van der Waals surface area contributed by atoms with Crippen molar-refractivity contribution in [3.63, 3.8) is 0 Å². The number of nitrogens with one attached hydrogen (secondary N) is 1. The van der Waals surface area contributed by atoms with Crippen LogP contribution in [0.5, 0.6) is 0 Å². The second kappa shape index (κ2) is 4.19. The van der Waals surface area contributed by atoms with Crippen molar-refractivity contribution in [3.05, 3.63) is 33.7 Å². The Bertz CT molecular complexity index is 397. The van der Waals surface area contributed by atoms with E-state index < -0.39 is 0 Å². The topological polar surface area (TPSA) is 36.1 Å². The molecule has 1 aromatic heterocycles. The zero-order valence-corrected chi connectivity index (χ0v) is 9.42. The van der Waals surface area contributed by atoms with Crippen LogP contribution in [0.1, 0.15) is 36.4 Å². The number of pyridine rings is 1. The summed E-state index contributed by atoms with van der Waals surface area (Å²) < 4.78 is 0. The SMILES string of the molecule is Cc1cc(=O)[nH]cc1[C@H]1CCCCN1C. The van der Waals surface area contributed by atoms with Crippen LogP contribution in [0.15, 0.2) is 17.1 Å². The molecule has 1 aliphatic rings. The number of aryl methyl sites for hydroxylation is 1. The van der Waals surface area contributed by atoms with Gasteiger partial charge in [0, 0.05) is 18.3 Å². The number of aromatic amines is 1. The van der Waals surface area contributed by atoms with Crippen LogP contribution >= 0.6 is 0 Å². The predicted molar refractivity (Wildman–Crippen MR) is 61.0 cm³/mol. The molecule has 0 amide bonds. The molecule has 15 heavy (non-hydrogen) atoms. The minimum Gasteiger partial charge on any atom is -0.329 e. The van der Waals surface area contributed by atoms with Crippen LogP contribution in [0.4, 0.5) is 0 Å². The molecule has 0 unspecified atom stereocenters. The van der Waals surface area contributed by atoms with Gasteiger partial charge in [-0.15, -0.1) is 0 Å². The van der Waals surface area contributed by atoms with Gasteiger partial charge >= 0.3 is 0 Å². The number of nitrogens with zero attached hydrogens (tertiary/aromatic N) is 1. The first-order chi connectivity index (χ1) is 7.18. The van der Waals surface area contributed by atoms with E-state index in [0.717, 1.165) is 12.1 Å². The summed E-state index contributed by atoms with van der Waals surface area (Å²) in [4.78, 5) is 16.3. The molecule has 0 saturated carbocycles. The second-order valence-corrected chi connectivity index (χ2v) is 4.43. The van der Waals surface area contributed by atoms with E-state index in [1.165, 1.54) is 24.8 Å². The summed E-state index contributed by atoms with van der Waals surface area (Å²) in [5.74, 6) is 0. The van der Waals surface area contributed by atoms with Gasteiger partial charge in [-0.05, 0) is 44.5 Å². The quantitative estimate of drug-likeness (QED) is 0.761. The van der Waals surface area contributed by atoms with Crippen molar-refractivity contribution in [1.29, 1.82) is 0 Å². The van der Waals surface area contributed by atoms with Gasteiger partial charge in [-0.3, -0.25) is 9.69 Å². The Morgan fingerprint density at radius 1 is 1.47 bits per heavy atom. The summed E-state index contributed by atoms with van der Waals surface area (Å²) in [6.45, 7) is 3.18. The Kier molecular flexibility index (Phi) is 2.91. The molecule has 2 rings (SSSR count). The average Bonchev–Trinajstić information content (AvgIpc) is 2.20. The summed E-state index contributed by atoms with van der Waals surface area (Å²) in [6.07, 6.45) is 5.65. The van der Waals surface area contributed by atoms with Crippen molar-refractivity contribution in [1.82, 2.24) is 9.88 Å². The molecule has 0 spiro atoms. The number of aromatic nitrogens is 1. The molecule has 1 aliphatic heterocycles. The maximum atomic E-state index is 11.1. The fraction of sp³-hybridized carbons (Fsp3) is 0.583. The zero-order chi connectivity index (χ0) is 10.8. The fourth-order valence-corrected chi connectivity index (χ4v) is 2.41. The first-order valence-electron chi connectivity index (χ1n) is 5.58. The van der Waals surface area contributed by atoms with Crippen LogP contribution in [0.3, 0.4) is 0 Å². The lowest BCUT2D eigenvalue weighted by atomic mass is 9.94. The molecule has 1 saturated heterocycles. The van der Waals surface area contributed by atoms with Crippen LogP contribution < -0.4 is 5.56 Å². The molecule has 1 aromatic rings. The third kappa shape index (κ3) is 2.12. The van der Waals surface area contributed by atoms with Crippen molar-refractivity contribution >= 4 is 0 Å². The molecule has 1 atom stereocenters. The molecule has 3 nitrogen and oxygen atoms in total. The van der Waals surface area contributed by atoms with Gasteiger partial charge in [0.25, 0.3) is 0 Å². The Morgan fingerprint density at radius 3 is 2.93 bits per heavy atom. The number of hydrogen-bond acceptors (Lipinski definition) is 2. The van der Waals surface area contributed by atoms with Crippen molar-refractivity contribution in [3.8, 4) is 0 Å². The van der Waals surface area contributed by atoms with Gasteiger partial charge in [-0.2, -0.15) is 0 Å². The van der Waals surface area contributed by atoms with Crippen LogP contribution in [0.2, 0.25) is 0 Å². The monoisotopic (exact) mass is 206 g/mol. The summed E-state index contributed by atoms with van der Waals surface area (Å²) in [7, 11) is 2.16. The van der Waals surface area contributed by atoms with E-state index in [0.29, 0.717) is 6.04 Å². The van der Waals surface area contributed by atoms with Gasteiger partial charge in [0.1, 0.15) is 0 Å². The van der Waals surface area contributed by atoms with Crippen LogP contribution in [0.25, 0.3) is 0 Å². The third-order valence-electron chi connectivity index (χ3n) is 3.30.